The van der Waals surface area contributed by atoms with E-state index in [1.165, 1.54) is 11.3 Å². The third-order valence-electron chi connectivity index (χ3n) is 3.16. The Hall–Kier alpha value is -1.80. The Morgan fingerprint density at radius 2 is 2.22 bits per heavy atom. The number of amides is 1. The minimum Gasteiger partial charge on any atom is -0.485 e. The van der Waals surface area contributed by atoms with Gasteiger partial charge in [0.05, 0.1) is 0 Å². The van der Waals surface area contributed by atoms with E-state index < -0.39 is 6.10 Å². The molecule has 0 radical (unpaired) electrons. The summed E-state index contributed by atoms with van der Waals surface area (Å²) in [6, 6.07) is 7.30. The number of thioether (sulfide) groups is 1. The van der Waals surface area contributed by atoms with Crippen molar-refractivity contribution in [3.05, 3.63) is 24.3 Å². The first-order chi connectivity index (χ1) is 11.3. The molecule has 1 amide bonds. The molecule has 0 unspecified atom stereocenters. The second-order valence-electron chi connectivity index (χ2n) is 4.93. The molecule has 6 nitrogen and oxygen atoms in total. The molecule has 1 aliphatic heterocycles. The van der Waals surface area contributed by atoms with E-state index in [1.807, 2.05) is 18.2 Å². The van der Waals surface area contributed by atoms with Crippen molar-refractivity contribution in [2.75, 3.05) is 17.7 Å². The smallest absolute Gasteiger partial charge is 0.270 e. The number of ether oxygens (including phenoxy) is 2. The van der Waals surface area contributed by atoms with E-state index >= 15 is 0 Å². The van der Waals surface area contributed by atoms with Crippen LogP contribution in [0.5, 0.6) is 11.5 Å². The number of nitrogens with zero attached hydrogens (tertiary/aromatic N) is 2. The van der Waals surface area contributed by atoms with Gasteiger partial charge in [-0.25, -0.2) is 0 Å². The molecule has 2 aromatic rings. The molecule has 1 aromatic carbocycles. The zero-order chi connectivity index (χ0) is 16.1. The fourth-order valence-electron chi connectivity index (χ4n) is 1.96. The van der Waals surface area contributed by atoms with Crippen LogP contribution in [0.2, 0.25) is 0 Å². The van der Waals surface area contributed by atoms with Gasteiger partial charge in [-0.15, -0.1) is 10.2 Å². The highest BCUT2D eigenvalue weighted by Crippen LogP contribution is 2.31. The summed E-state index contributed by atoms with van der Waals surface area (Å²) in [5.41, 5.74) is 0. The lowest BCUT2D eigenvalue weighted by atomic mass is 10.2. The second-order valence-corrected chi connectivity index (χ2v) is 7.25. The fraction of sp³-hybridized carbons (Fsp3) is 0.400. The van der Waals surface area contributed by atoms with Crippen molar-refractivity contribution in [1.29, 1.82) is 0 Å². The molecule has 1 aliphatic rings. The van der Waals surface area contributed by atoms with Gasteiger partial charge in [-0.1, -0.05) is 48.6 Å². The lowest BCUT2D eigenvalue weighted by Gasteiger charge is -2.25. The van der Waals surface area contributed by atoms with E-state index in [0.29, 0.717) is 16.6 Å². The minimum absolute atomic E-state index is 0.180. The van der Waals surface area contributed by atoms with Crippen molar-refractivity contribution in [2.24, 2.45) is 0 Å². The molecule has 2 heterocycles. The molecule has 1 atom stereocenters. The van der Waals surface area contributed by atoms with Crippen molar-refractivity contribution in [2.45, 2.75) is 30.2 Å². The molecule has 1 N–H and O–H groups in total. The number of unbranched alkanes of at least 4 members (excludes halogenated alkanes) is 1. The van der Waals surface area contributed by atoms with Crippen molar-refractivity contribution >= 4 is 34.1 Å². The molecule has 0 aliphatic carbocycles. The fourth-order valence-corrected chi connectivity index (χ4v) is 3.87. The first kappa shape index (κ1) is 16.1. The van der Waals surface area contributed by atoms with E-state index in [0.717, 1.165) is 22.9 Å². The Morgan fingerprint density at radius 3 is 3.04 bits per heavy atom. The van der Waals surface area contributed by atoms with Crippen LogP contribution in [0, 0.1) is 0 Å². The highest BCUT2D eigenvalue weighted by atomic mass is 32.2. The van der Waals surface area contributed by atoms with Crippen LogP contribution in [-0.2, 0) is 4.79 Å². The van der Waals surface area contributed by atoms with E-state index in [-0.39, 0.29) is 12.5 Å². The second kappa shape index (κ2) is 7.65. The van der Waals surface area contributed by atoms with Crippen LogP contribution in [0.3, 0.4) is 0 Å². The molecule has 0 bridgehead atoms. The van der Waals surface area contributed by atoms with Crippen LogP contribution in [-0.4, -0.2) is 34.6 Å². The third-order valence-corrected chi connectivity index (χ3v) is 5.22. The van der Waals surface area contributed by atoms with Gasteiger partial charge in [-0.2, -0.15) is 0 Å². The van der Waals surface area contributed by atoms with Crippen LogP contribution in [0.4, 0.5) is 5.13 Å². The number of anilines is 1. The number of rotatable bonds is 6. The van der Waals surface area contributed by atoms with E-state index in [1.54, 1.807) is 17.8 Å². The Morgan fingerprint density at radius 1 is 1.39 bits per heavy atom. The molecule has 23 heavy (non-hydrogen) atoms. The summed E-state index contributed by atoms with van der Waals surface area (Å²) in [4.78, 5) is 12.3. The van der Waals surface area contributed by atoms with Crippen LogP contribution >= 0.6 is 23.1 Å². The molecule has 0 saturated carbocycles. The maximum atomic E-state index is 12.3. The van der Waals surface area contributed by atoms with Gasteiger partial charge in [-0.3, -0.25) is 10.1 Å². The zero-order valence-corrected chi connectivity index (χ0v) is 14.3. The lowest BCUT2D eigenvalue weighted by Crippen LogP contribution is -2.40. The number of nitrogens with one attached hydrogen (secondary N) is 1. The summed E-state index contributed by atoms with van der Waals surface area (Å²) in [7, 11) is 0. The standard InChI is InChI=1S/C15H17N3O3S2/c1-2-3-8-22-15-18-17-14(23-15)16-13(19)12-9-20-10-6-4-5-7-11(10)21-12/h4-7,12H,2-3,8-9H2,1H3,(H,16,17,19)/t12-/m0/s1. The molecule has 0 saturated heterocycles. The zero-order valence-electron chi connectivity index (χ0n) is 12.7. The maximum Gasteiger partial charge on any atom is 0.270 e. The van der Waals surface area contributed by atoms with Gasteiger partial charge in [0.1, 0.15) is 6.61 Å². The van der Waals surface area contributed by atoms with Gasteiger partial charge in [0.15, 0.2) is 15.8 Å². The van der Waals surface area contributed by atoms with Crippen LogP contribution < -0.4 is 14.8 Å². The number of hydrogen-bond donors (Lipinski definition) is 1. The third kappa shape index (κ3) is 4.14. The molecule has 0 spiro atoms. The Bertz CT molecular complexity index is 677. The number of carbonyl (C=O) groups is 1. The molecule has 0 fully saturated rings. The number of para-hydroxylation sites is 2. The molecule has 8 heteroatoms. The lowest BCUT2D eigenvalue weighted by molar-refractivity contribution is -0.125. The summed E-state index contributed by atoms with van der Waals surface area (Å²) >= 11 is 3.03. The van der Waals surface area contributed by atoms with Crippen molar-refractivity contribution in [3.63, 3.8) is 0 Å². The first-order valence-corrected chi connectivity index (χ1v) is 9.22. The van der Waals surface area contributed by atoms with E-state index in [9.17, 15) is 4.79 Å². The Balaban J connectivity index is 1.55. The predicted molar refractivity (Wildman–Crippen MR) is 90.5 cm³/mol. The van der Waals surface area contributed by atoms with Gasteiger partial charge in [-0.05, 0) is 18.6 Å². The molecular formula is C15H17N3O3S2. The normalized spacial score (nSPS) is 16.1. The minimum atomic E-state index is -0.690. The largest absolute Gasteiger partial charge is 0.485 e. The number of benzene rings is 1. The first-order valence-electron chi connectivity index (χ1n) is 7.42. The molecule has 1 aromatic heterocycles. The number of carbonyl (C=O) groups excluding carboxylic acids is 1. The number of hydrogen-bond acceptors (Lipinski definition) is 7. The SMILES string of the molecule is CCCCSc1nnc(NC(=O)[C@@H]2COc3ccccc3O2)s1. The van der Waals surface area contributed by atoms with E-state index in [2.05, 4.69) is 22.4 Å². The van der Waals surface area contributed by atoms with Gasteiger partial charge in [0.25, 0.3) is 5.91 Å². The Kier molecular flexibility index (Phi) is 5.35. The quantitative estimate of drug-likeness (QED) is 0.489. The maximum absolute atomic E-state index is 12.3. The van der Waals surface area contributed by atoms with E-state index in [4.69, 9.17) is 9.47 Å². The van der Waals surface area contributed by atoms with Gasteiger partial charge < -0.3 is 9.47 Å². The average molecular weight is 351 g/mol. The van der Waals surface area contributed by atoms with Crippen LogP contribution in [0.25, 0.3) is 0 Å². The summed E-state index contributed by atoms with van der Waals surface area (Å²) in [5.74, 6) is 1.96. The highest BCUT2D eigenvalue weighted by Gasteiger charge is 2.28. The van der Waals surface area contributed by atoms with Crippen LogP contribution in [0.15, 0.2) is 28.6 Å². The van der Waals surface area contributed by atoms with Gasteiger partial charge in [0.2, 0.25) is 11.2 Å². The summed E-state index contributed by atoms with van der Waals surface area (Å²) in [6.07, 6.45) is 1.60. The molecule has 122 valence electrons. The van der Waals surface area contributed by atoms with Crippen molar-refractivity contribution < 1.29 is 14.3 Å². The highest BCUT2D eigenvalue weighted by molar-refractivity contribution is 8.01. The van der Waals surface area contributed by atoms with Gasteiger partial charge in [0, 0.05) is 5.75 Å². The van der Waals surface area contributed by atoms with Gasteiger partial charge >= 0.3 is 0 Å². The van der Waals surface area contributed by atoms with Crippen molar-refractivity contribution in [3.8, 4) is 11.5 Å². The average Bonchev–Trinajstić information content (AvgIpc) is 3.02. The van der Waals surface area contributed by atoms with Crippen LogP contribution in [0.1, 0.15) is 19.8 Å². The summed E-state index contributed by atoms with van der Waals surface area (Å²) in [5, 5.41) is 11.3. The molecule has 3 rings (SSSR count). The summed E-state index contributed by atoms with van der Waals surface area (Å²) in [6.45, 7) is 2.33. The van der Waals surface area contributed by atoms with Crippen molar-refractivity contribution in [1.82, 2.24) is 10.2 Å². The molecular weight excluding hydrogens is 334 g/mol. The number of fused-ring (bicyclic) bond motifs is 1. The number of aromatic nitrogens is 2. The predicted octanol–water partition coefficient (Wildman–Crippen LogP) is 3.21. The monoisotopic (exact) mass is 351 g/mol. The Labute approximate surface area is 142 Å². The summed E-state index contributed by atoms with van der Waals surface area (Å²) < 4.78 is 12.1. The topological polar surface area (TPSA) is 73.3 Å².